The molecule has 0 aliphatic carbocycles. The molecule has 2 atom stereocenters. The number of nitrogens with one attached hydrogen (secondary N) is 2. The van der Waals surface area contributed by atoms with Crippen LogP contribution in [0.2, 0.25) is 0 Å². The van der Waals surface area contributed by atoms with E-state index in [-0.39, 0.29) is 18.6 Å². The van der Waals surface area contributed by atoms with Crippen LogP contribution in [-0.2, 0) is 4.79 Å². The fourth-order valence-corrected chi connectivity index (χ4v) is 2.64. The summed E-state index contributed by atoms with van der Waals surface area (Å²) in [6, 6.07) is 8.67. The van der Waals surface area contributed by atoms with Crippen LogP contribution in [0.3, 0.4) is 0 Å². The molecule has 1 saturated heterocycles. The van der Waals surface area contributed by atoms with E-state index in [0.29, 0.717) is 12.0 Å². The summed E-state index contributed by atoms with van der Waals surface area (Å²) in [4.78, 5) is 12.0. The lowest BCUT2D eigenvalue weighted by atomic mass is 10.0. The number of amides is 1. The van der Waals surface area contributed by atoms with Gasteiger partial charge in [-0.2, -0.15) is 0 Å². The van der Waals surface area contributed by atoms with Crippen molar-refractivity contribution >= 4 is 5.91 Å². The van der Waals surface area contributed by atoms with Crippen LogP contribution in [0.1, 0.15) is 45.1 Å². The second kappa shape index (κ2) is 7.46. The Balaban J connectivity index is 1.79. The van der Waals surface area contributed by atoms with Gasteiger partial charge in [0.2, 0.25) is 0 Å². The maximum Gasteiger partial charge on any atom is 0.258 e. The largest absolute Gasteiger partial charge is 0.484 e. The fraction of sp³-hybridized carbons (Fsp3) is 0.588. The molecule has 0 spiro atoms. The van der Waals surface area contributed by atoms with Gasteiger partial charge >= 0.3 is 0 Å². The van der Waals surface area contributed by atoms with E-state index in [1.807, 2.05) is 18.2 Å². The summed E-state index contributed by atoms with van der Waals surface area (Å²) in [5.41, 5.74) is 1.22. The Bertz CT molecular complexity index is 474. The summed E-state index contributed by atoms with van der Waals surface area (Å²) in [7, 11) is 0. The highest BCUT2D eigenvalue weighted by atomic mass is 16.5. The lowest BCUT2D eigenvalue weighted by molar-refractivity contribution is -0.124. The molecule has 1 amide bonds. The van der Waals surface area contributed by atoms with E-state index in [4.69, 9.17) is 4.74 Å². The molecule has 4 nitrogen and oxygen atoms in total. The molecule has 0 saturated carbocycles. The second-order valence-electron chi connectivity index (χ2n) is 6.16. The Morgan fingerprint density at radius 3 is 3.00 bits per heavy atom. The van der Waals surface area contributed by atoms with Crippen LogP contribution in [0.4, 0.5) is 0 Å². The number of carbonyl (C=O) groups is 1. The first-order valence-electron chi connectivity index (χ1n) is 7.80. The number of piperidine rings is 1. The molecule has 21 heavy (non-hydrogen) atoms. The molecule has 1 aliphatic heterocycles. The Morgan fingerprint density at radius 1 is 1.48 bits per heavy atom. The molecule has 1 fully saturated rings. The van der Waals surface area contributed by atoms with Crippen molar-refractivity contribution in [1.29, 1.82) is 0 Å². The van der Waals surface area contributed by atoms with Gasteiger partial charge in [0.15, 0.2) is 6.61 Å². The van der Waals surface area contributed by atoms with Gasteiger partial charge < -0.3 is 15.4 Å². The summed E-state index contributed by atoms with van der Waals surface area (Å²) in [6.07, 6.45) is 1.97. The summed E-state index contributed by atoms with van der Waals surface area (Å²) in [5, 5.41) is 6.43. The minimum Gasteiger partial charge on any atom is -0.484 e. The topological polar surface area (TPSA) is 50.4 Å². The molecule has 1 aliphatic rings. The Kier molecular flexibility index (Phi) is 5.62. The van der Waals surface area contributed by atoms with Crippen LogP contribution in [0.25, 0.3) is 0 Å². The SMILES string of the molecule is CC1CC(NC(=O)COc2cccc(C(C)C)c2)CCN1. The zero-order chi connectivity index (χ0) is 15.2. The summed E-state index contributed by atoms with van der Waals surface area (Å²) >= 11 is 0. The first-order chi connectivity index (χ1) is 10.0. The van der Waals surface area contributed by atoms with Crippen LogP contribution in [-0.4, -0.2) is 31.1 Å². The van der Waals surface area contributed by atoms with E-state index < -0.39 is 0 Å². The summed E-state index contributed by atoms with van der Waals surface area (Å²) in [5.74, 6) is 1.18. The number of hydrogen-bond donors (Lipinski definition) is 2. The van der Waals surface area contributed by atoms with Crippen molar-refractivity contribution < 1.29 is 9.53 Å². The van der Waals surface area contributed by atoms with Gasteiger partial charge in [-0.05, 0) is 49.9 Å². The first kappa shape index (κ1) is 15.8. The Hall–Kier alpha value is -1.55. The minimum atomic E-state index is -0.0379. The van der Waals surface area contributed by atoms with Crippen molar-refractivity contribution in [2.75, 3.05) is 13.2 Å². The average molecular weight is 290 g/mol. The summed E-state index contributed by atoms with van der Waals surface area (Å²) in [6.45, 7) is 7.48. The predicted octanol–water partition coefficient (Wildman–Crippen LogP) is 2.45. The van der Waals surface area contributed by atoms with Crippen LogP contribution in [0.5, 0.6) is 5.75 Å². The second-order valence-corrected chi connectivity index (χ2v) is 6.16. The van der Waals surface area contributed by atoms with Crippen molar-refractivity contribution in [3.8, 4) is 5.75 Å². The predicted molar refractivity (Wildman–Crippen MR) is 84.7 cm³/mol. The Morgan fingerprint density at radius 2 is 2.29 bits per heavy atom. The normalized spacial score (nSPS) is 22.1. The monoisotopic (exact) mass is 290 g/mol. The number of hydrogen-bond acceptors (Lipinski definition) is 3. The average Bonchev–Trinajstić information content (AvgIpc) is 2.45. The highest BCUT2D eigenvalue weighted by molar-refractivity contribution is 5.77. The zero-order valence-corrected chi connectivity index (χ0v) is 13.2. The number of rotatable bonds is 5. The standard InChI is InChI=1S/C17H26N2O2/c1-12(2)14-5-4-6-16(10-14)21-11-17(20)19-15-7-8-18-13(3)9-15/h4-6,10,12-13,15,18H,7-9,11H2,1-3H3,(H,19,20). The maximum atomic E-state index is 12.0. The van der Waals surface area contributed by atoms with Gasteiger partial charge in [-0.25, -0.2) is 0 Å². The maximum absolute atomic E-state index is 12.0. The third-order valence-electron chi connectivity index (χ3n) is 3.88. The first-order valence-corrected chi connectivity index (χ1v) is 7.80. The molecule has 2 unspecified atom stereocenters. The van der Waals surface area contributed by atoms with Gasteiger partial charge in [0, 0.05) is 12.1 Å². The highest BCUT2D eigenvalue weighted by Gasteiger charge is 2.19. The third kappa shape index (κ3) is 5.05. The van der Waals surface area contributed by atoms with Gasteiger partial charge in [0.05, 0.1) is 0 Å². The summed E-state index contributed by atoms with van der Waals surface area (Å²) < 4.78 is 5.60. The smallest absolute Gasteiger partial charge is 0.258 e. The molecule has 4 heteroatoms. The van der Waals surface area contributed by atoms with Gasteiger partial charge in [0.1, 0.15) is 5.75 Å². The van der Waals surface area contributed by atoms with E-state index in [1.54, 1.807) is 0 Å². The Labute approximate surface area is 127 Å². The molecule has 2 rings (SSSR count). The van der Waals surface area contributed by atoms with Crippen LogP contribution in [0, 0.1) is 0 Å². The van der Waals surface area contributed by atoms with Gasteiger partial charge in [0.25, 0.3) is 5.91 Å². The lowest BCUT2D eigenvalue weighted by Crippen LogP contribution is -2.47. The molecule has 0 bridgehead atoms. The zero-order valence-electron chi connectivity index (χ0n) is 13.2. The van der Waals surface area contributed by atoms with E-state index in [2.05, 4.69) is 37.5 Å². The third-order valence-corrected chi connectivity index (χ3v) is 3.88. The minimum absolute atomic E-state index is 0.0379. The van der Waals surface area contributed by atoms with E-state index >= 15 is 0 Å². The van der Waals surface area contributed by atoms with Crippen LogP contribution < -0.4 is 15.4 Å². The molecular weight excluding hydrogens is 264 g/mol. The fourth-order valence-electron chi connectivity index (χ4n) is 2.64. The molecule has 1 aromatic rings. The number of benzene rings is 1. The van der Waals surface area contributed by atoms with Gasteiger partial charge in [-0.3, -0.25) is 4.79 Å². The molecule has 1 aromatic carbocycles. The molecule has 0 radical (unpaired) electrons. The molecule has 1 heterocycles. The van der Waals surface area contributed by atoms with E-state index in [9.17, 15) is 4.79 Å². The molecule has 116 valence electrons. The van der Waals surface area contributed by atoms with Crippen molar-refractivity contribution in [1.82, 2.24) is 10.6 Å². The molecule has 0 aromatic heterocycles. The number of carbonyl (C=O) groups excluding carboxylic acids is 1. The van der Waals surface area contributed by atoms with Crippen LogP contribution >= 0.6 is 0 Å². The van der Waals surface area contributed by atoms with Crippen molar-refractivity contribution in [2.45, 2.75) is 51.6 Å². The molecule has 2 N–H and O–H groups in total. The van der Waals surface area contributed by atoms with E-state index in [0.717, 1.165) is 25.1 Å². The van der Waals surface area contributed by atoms with E-state index in [1.165, 1.54) is 5.56 Å². The van der Waals surface area contributed by atoms with Crippen LogP contribution in [0.15, 0.2) is 24.3 Å². The van der Waals surface area contributed by atoms with Crippen molar-refractivity contribution in [3.05, 3.63) is 29.8 Å². The number of ether oxygens (including phenoxy) is 1. The molecular formula is C17H26N2O2. The van der Waals surface area contributed by atoms with Gasteiger partial charge in [-0.15, -0.1) is 0 Å². The van der Waals surface area contributed by atoms with Gasteiger partial charge in [-0.1, -0.05) is 26.0 Å². The lowest BCUT2D eigenvalue weighted by Gasteiger charge is -2.28. The quantitative estimate of drug-likeness (QED) is 0.876. The van der Waals surface area contributed by atoms with Crippen molar-refractivity contribution in [2.24, 2.45) is 0 Å². The van der Waals surface area contributed by atoms with Crippen molar-refractivity contribution in [3.63, 3.8) is 0 Å². The highest BCUT2D eigenvalue weighted by Crippen LogP contribution is 2.20.